The number of hydrogen-bond donors (Lipinski definition) is 1. The molecule has 3 nitrogen and oxygen atoms in total. The van der Waals surface area contributed by atoms with Gasteiger partial charge in [0.25, 0.3) is 5.91 Å². The molecule has 29 heavy (non-hydrogen) atoms. The second kappa shape index (κ2) is 9.74. The molecule has 0 unspecified atom stereocenters. The van der Waals surface area contributed by atoms with Crippen LogP contribution in [-0.4, -0.2) is 12.5 Å². The summed E-state index contributed by atoms with van der Waals surface area (Å²) in [5.41, 5.74) is 3.97. The Balaban J connectivity index is 1.94. The molecule has 0 spiro atoms. The molecular weight excluding hydrogens is 356 g/mol. The number of carbonyl (C=O) groups excluding carboxylic acids is 1. The number of hydrogen-bond acceptors (Lipinski definition) is 2. The second-order valence-corrected chi connectivity index (χ2v) is 7.36. The molecule has 1 N–H and O–H groups in total. The summed E-state index contributed by atoms with van der Waals surface area (Å²) in [5, 5.41) is 3.10. The number of carbonyl (C=O) groups is 1. The minimum absolute atomic E-state index is 0.0702. The van der Waals surface area contributed by atoms with Gasteiger partial charge < -0.3 is 10.2 Å². The zero-order valence-corrected chi connectivity index (χ0v) is 17.1. The van der Waals surface area contributed by atoms with Gasteiger partial charge in [0.15, 0.2) is 0 Å². The van der Waals surface area contributed by atoms with Crippen LogP contribution in [0.5, 0.6) is 0 Å². The smallest absolute Gasteiger partial charge is 0.251 e. The predicted octanol–water partition coefficient (Wildman–Crippen LogP) is 6.18. The molecule has 148 valence electrons. The number of nitrogens with one attached hydrogen (secondary N) is 1. The van der Waals surface area contributed by atoms with E-state index in [-0.39, 0.29) is 5.91 Å². The maximum atomic E-state index is 13.4. The molecule has 0 aliphatic rings. The molecule has 0 fully saturated rings. The van der Waals surface area contributed by atoms with Crippen LogP contribution in [0.15, 0.2) is 97.6 Å². The standard InChI is InChI=1S/C26H28N2O/c1-4-19-28(24-13-9-6-10-14-24)25(22-11-7-5-8-12-22)26(29)27-23-17-15-21(16-18-23)20(2)3/h4-18,20,25H,1,19H2,2-3H3,(H,27,29)/t25-/m0/s1. The molecule has 3 aromatic carbocycles. The molecule has 0 aliphatic heterocycles. The van der Waals surface area contributed by atoms with Crippen molar-refractivity contribution in [3.05, 3.63) is 109 Å². The lowest BCUT2D eigenvalue weighted by Gasteiger charge is -2.32. The van der Waals surface area contributed by atoms with Crippen LogP contribution < -0.4 is 10.2 Å². The highest BCUT2D eigenvalue weighted by Crippen LogP contribution is 2.29. The van der Waals surface area contributed by atoms with Gasteiger partial charge in [-0.15, -0.1) is 6.58 Å². The third kappa shape index (κ3) is 5.14. The summed E-state index contributed by atoms with van der Waals surface area (Å²) in [6, 6.07) is 27.4. The first-order valence-corrected chi connectivity index (χ1v) is 9.98. The average Bonchev–Trinajstić information content (AvgIpc) is 2.75. The van der Waals surface area contributed by atoms with Gasteiger partial charge in [0.1, 0.15) is 6.04 Å². The van der Waals surface area contributed by atoms with Crippen LogP contribution in [0.3, 0.4) is 0 Å². The molecule has 3 heteroatoms. The van der Waals surface area contributed by atoms with E-state index >= 15 is 0 Å². The van der Waals surface area contributed by atoms with Crippen molar-refractivity contribution in [3.63, 3.8) is 0 Å². The van der Waals surface area contributed by atoms with Crippen molar-refractivity contribution < 1.29 is 4.79 Å². The van der Waals surface area contributed by atoms with Crippen molar-refractivity contribution in [2.45, 2.75) is 25.8 Å². The summed E-state index contributed by atoms with van der Waals surface area (Å²) in [6.45, 7) is 8.77. The number of para-hydroxylation sites is 1. The molecule has 3 rings (SSSR count). The third-order valence-corrected chi connectivity index (χ3v) is 4.93. The van der Waals surface area contributed by atoms with Crippen molar-refractivity contribution >= 4 is 17.3 Å². The summed E-state index contributed by atoms with van der Waals surface area (Å²) in [7, 11) is 0. The van der Waals surface area contributed by atoms with Crippen LogP contribution in [-0.2, 0) is 4.79 Å². The van der Waals surface area contributed by atoms with Gasteiger partial charge in [0, 0.05) is 17.9 Å². The SMILES string of the molecule is C=CCN(c1ccccc1)[C@H](C(=O)Nc1ccc(C(C)C)cc1)c1ccccc1. The molecule has 0 radical (unpaired) electrons. The van der Waals surface area contributed by atoms with Crippen molar-refractivity contribution in [1.82, 2.24) is 0 Å². The molecule has 0 saturated carbocycles. The summed E-state index contributed by atoms with van der Waals surface area (Å²) in [6.07, 6.45) is 1.83. The zero-order valence-electron chi connectivity index (χ0n) is 17.1. The largest absolute Gasteiger partial charge is 0.352 e. The minimum Gasteiger partial charge on any atom is -0.352 e. The van der Waals surface area contributed by atoms with E-state index in [2.05, 4.69) is 42.8 Å². The van der Waals surface area contributed by atoms with Gasteiger partial charge in [-0.25, -0.2) is 0 Å². The number of nitrogens with zero attached hydrogens (tertiary/aromatic N) is 1. The van der Waals surface area contributed by atoms with Crippen molar-refractivity contribution in [3.8, 4) is 0 Å². The van der Waals surface area contributed by atoms with E-state index in [9.17, 15) is 4.79 Å². The average molecular weight is 385 g/mol. The third-order valence-electron chi connectivity index (χ3n) is 4.93. The van der Waals surface area contributed by atoms with Crippen LogP contribution in [0.25, 0.3) is 0 Å². The van der Waals surface area contributed by atoms with Crippen LogP contribution >= 0.6 is 0 Å². The van der Waals surface area contributed by atoms with Gasteiger partial charge in [-0.1, -0.05) is 80.6 Å². The van der Waals surface area contributed by atoms with Gasteiger partial charge >= 0.3 is 0 Å². The minimum atomic E-state index is -0.471. The first-order chi connectivity index (χ1) is 14.1. The molecule has 0 saturated heterocycles. The van der Waals surface area contributed by atoms with E-state index in [1.54, 1.807) is 0 Å². The maximum absolute atomic E-state index is 13.4. The lowest BCUT2D eigenvalue weighted by Crippen LogP contribution is -2.37. The molecule has 0 bridgehead atoms. The summed E-state index contributed by atoms with van der Waals surface area (Å²) >= 11 is 0. The summed E-state index contributed by atoms with van der Waals surface area (Å²) in [4.78, 5) is 15.5. The van der Waals surface area contributed by atoms with E-state index in [0.29, 0.717) is 12.5 Å². The Morgan fingerprint density at radius 3 is 2.03 bits per heavy atom. The molecule has 0 aliphatic carbocycles. The van der Waals surface area contributed by atoms with Gasteiger partial charge in [0.2, 0.25) is 0 Å². The Bertz CT molecular complexity index is 918. The van der Waals surface area contributed by atoms with E-state index in [1.165, 1.54) is 5.56 Å². The fourth-order valence-corrected chi connectivity index (χ4v) is 3.39. The lowest BCUT2D eigenvalue weighted by molar-refractivity contribution is -0.117. The summed E-state index contributed by atoms with van der Waals surface area (Å²) < 4.78 is 0. The van der Waals surface area contributed by atoms with Crippen LogP contribution in [0.4, 0.5) is 11.4 Å². The predicted molar refractivity (Wildman–Crippen MR) is 122 cm³/mol. The van der Waals surface area contributed by atoms with Crippen LogP contribution in [0.2, 0.25) is 0 Å². The van der Waals surface area contributed by atoms with E-state index in [4.69, 9.17) is 0 Å². The maximum Gasteiger partial charge on any atom is 0.251 e. The molecule has 1 amide bonds. The highest BCUT2D eigenvalue weighted by molar-refractivity contribution is 5.97. The van der Waals surface area contributed by atoms with Crippen molar-refractivity contribution in [1.29, 1.82) is 0 Å². The highest BCUT2D eigenvalue weighted by atomic mass is 16.2. The zero-order chi connectivity index (χ0) is 20.6. The molecule has 0 heterocycles. The highest BCUT2D eigenvalue weighted by Gasteiger charge is 2.27. The Labute approximate surface area is 173 Å². The Kier molecular flexibility index (Phi) is 6.85. The first kappa shape index (κ1) is 20.4. The lowest BCUT2D eigenvalue weighted by atomic mass is 10.0. The van der Waals surface area contributed by atoms with E-state index < -0.39 is 6.04 Å². The van der Waals surface area contributed by atoms with Gasteiger partial charge in [-0.05, 0) is 41.3 Å². The fraction of sp³-hybridized carbons (Fsp3) is 0.192. The number of benzene rings is 3. The Hall–Kier alpha value is -3.33. The molecule has 1 atom stereocenters. The second-order valence-electron chi connectivity index (χ2n) is 7.36. The van der Waals surface area contributed by atoms with E-state index in [0.717, 1.165) is 16.9 Å². The molecular formula is C26H28N2O. The van der Waals surface area contributed by atoms with Crippen molar-refractivity contribution in [2.24, 2.45) is 0 Å². The molecule has 0 aromatic heterocycles. The molecule has 3 aromatic rings. The Morgan fingerprint density at radius 2 is 1.48 bits per heavy atom. The normalized spacial score (nSPS) is 11.7. The van der Waals surface area contributed by atoms with Gasteiger partial charge in [0.05, 0.1) is 0 Å². The van der Waals surface area contributed by atoms with Crippen LogP contribution in [0, 0.1) is 0 Å². The van der Waals surface area contributed by atoms with Crippen molar-refractivity contribution in [2.75, 3.05) is 16.8 Å². The number of rotatable bonds is 8. The summed E-state index contributed by atoms with van der Waals surface area (Å²) in [5.74, 6) is 0.386. The van der Waals surface area contributed by atoms with Gasteiger partial charge in [-0.3, -0.25) is 4.79 Å². The number of amides is 1. The quantitative estimate of drug-likeness (QED) is 0.470. The topological polar surface area (TPSA) is 32.3 Å². The first-order valence-electron chi connectivity index (χ1n) is 9.98. The Morgan fingerprint density at radius 1 is 0.897 bits per heavy atom. The number of anilines is 2. The fourth-order valence-electron chi connectivity index (χ4n) is 3.39. The monoisotopic (exact) mass is 384 g/mol. The van der Waals surface area contributed by atoms with E-state index in [1.807, 2.05) is 78.9 Å². The van der Waals surface area contributed by atoms with Gasteiger partial charge in [-0.2, -0.15) is 0 Å². The van der Waals surface area contributed by atoms with Crippen LogP contribution in [0.1, 0.15) is 36.9 Å².